The number of nitrogens with two attached hydrogens (primary N) is 1. The summed E-state index contributed by atoms with van der Waals surface area (Å²) in [4.78, 5) is 14.3. The Kier molecular flexibility index (Phi) is 2.45. The minimum atomic E-state index is -0.0263. The normalized spacial score (nSPS) is 11.1. The van der Waals surface area contributed by atoms with Gasteiger partial charge in [-0.05, 0) is 24.3 Å². The lowest BCUT2D eigenvalue weighted by Crippen LogP contribution is -2.09. The number of hydrogen-bond acceptors (Lipinski definition) is 4. The lowest BCUT2D eigenvalue weighted by atomic mass is 10.1. The second-order valence-electron chi connectivity index (χ2n) is 4.76. The van der Waals surface area contributed by atoms with Crippen molar-refractivity contribution in [2.75, 3.05) is 24.7 Å². The Bertz CT molecular complexity index is 835. The molecule has 0 aliphatic heterocycles. The third-order valence-corrected chi connectivity index (χ3v) is 3.20. The first-order valence-electron chi connectivity index (χ1n) is 6.00. The van der Waals surface area contributed by atoms with Crippen molar-refractivity contribution in [2.45, 2.75) is 0 Å². The quantitative estimate of drug-likeness (QED) is 0.535. The SMILES string of the molecule is CN(C)c1ccc2c(=O)c3ccc(N)cc3oc2c1. The molecule has 0 bridgehead atoms. The molecule has 0 radical (unpaired) electrons. The van der Waals surface area contributed by atoms with Crippen LogP contribution in [0.4, 0.5) is 11.4 Å². The number of rotatable bonds is 1. The number of fused-ring (bicyclic) bond motifs is 2. The fourth-order valence-electron chi connectivity index (χ4n) is 2.14. The number of nitrogens with zero attached hydrogens (tertiary/aromatic N) is 1. The van der Waals surface area contributed by atoms with E-state index in [4.69, 9.17) is 10.2 Å². The first-order chi connectivity index (χ1) is 9.06. The Balaban J connectivity index is 2.43. The van der Waals surface area contributed by atoms with Crippen molar-refractivity contribution in [1.29, 1.82) is 0 Å². The van der Waals surface area contributed by atoms with Crippen LogP contribution >= 0.6 is 0 Å². The Hall–Kier alpha value is -2.49. The highest BCUT2D eigenvalue weighted by atomic mass is 16.3. The van der Waals surface area contributed by atoms with E-state index in [1.807, 2.05) is 31.1 Å². The monoisotopic (exact) mass is 254 g/mol. The van der Waals surface area contributed by atoms with Crippen LogP contribution in [0, 0.1) is 0 Å². The van der Waals surface area contributed by atoms with E-state index in [-0.39, 0.29) is 5.43 Å². The van der Waals surface area contributed by atoms with Gasteiger partial charge in [0.15, 0.2) is 0 Å². The molecule has 0 saturated heterocycles. The summed E-state index contributed by atoms with van der Waals surface area (Å²) in [5.74, 6) is 0. The average Bonchev–Trinajstić information content (AvgIpc) is 2.37. The summed E-state index contributed by atoms with van der Waals surface area (Å²) in [6.45, 7) is 0. The average molecular weight is 254 g/mol. The summed E-state index contributed by atoms with van der Waals surface area (Å²) in [6, 6.07) is 10.7. The molecule has 1 heterocycles. The molecule has 0 aliphatic carbocycles. The van der Waals surface area contributed by atoms with Crippen LogP contribution in [-0.4, -0.2) is 14.1 Å². The molecule has 2 aromatic carbocycles. The number of nitrogen functional groups attached to an aromatic ring is 1. The molecule has 0 fully saturated rings. The van der Waals surface area contributed by atoms with Crippen molar-refractivity contribution < 1.29 is 4.42 Å². The predicted molar refractivity (Wildman–Crippen MR) is 78.7 cm³/mol. The van der Waals surface area contributed by atoms with Gasteiger partial charge in [0.1, 0.15) is 11.2 Å². The van der Waals surface area contributed by atoms with Crippen LogP contribution < -0.4 is 16.1 Å². The molecule has 0 aliphatic rings. The number of anilines is 2. The zero-order chi connectivity index (χ0) is 13.6. The molecular weight excluding hydrogens is 240 g/mol. The Morgan fingerprint density at radius 1 is 1.00 bits per heavy atom. The molecule has 0 unspecified atom stereocenters. The van der Waals surface area contributed by atoms with Gasteiger partial charge >= 0.3 is 0 Å². The topological polar surface area (TPSA) is 59.5 Å². The smallest absolute Gasteiger partial charge is 0.200 e. The van der Waals surface area contributed by atoms with Crippen LogP contribution in [-0.2, 0) is 0 Å². The predicted octanol–water partition coefficient (Wildman–Crippen LogP) is 2.59. The van der Waals surface area contributed by atoms with E-state index in [1.54, 1.807) is 24.3 Å². The van der Waals surface area contributed by atoms with Crippen molar-refractivity contribution in [3.05, 3.63) is 46.6 Å². The van der Waals surface area contributed by atoms with E-state index in [0.717, 1.165) is 5.69 Å². The summed E-state index contributed by atoms with van der Waals surface area (Å²) in [5.41, 5.74) is 8.37. The first kappa shape index (κ1) is 11.6. The van der Waals surface area contributed by atoms with E-state index in [9.17, 15) is 4.79 Å². The van der Waals surface area contributed by atoms with Gasteiger partial charge in [-0.3, -0.25) is 4.79 Å². The van der Waals surface area contributed by atoms with E-state index >= 15 is 0 Å². The summed E-state index contributed by atoms with van der Waals surface area (Å²) < 4.78 is 5.79. The molecule has 19 heavy (non-hydrogen) atoms. The van der Waals surface area contributed by atoms with Gasteiger partial charge in [-0.15, -0.1) is 0 Å². The van der Waals surface area contributed by atoms with Crippen LogP contribution in [0.15, 0.2) is 45.6 Å². The summed E-state index contributed by atoms with van der Waals surface area (Å²) in [5, 5.41) is 1.14. The van der Waals surface area contributed by atoms with Crippen molar-refractivity contribution >= 4 is 33.3 Å². The maximum absolute atomic E-state index is 12.4. The largest absolute Gasteiger partial charge is 0.456 e. The lowest BCUT2D eigenvalue weighted by molar-refractivity contribution is 0.660. The van der Waals surface area contributed by atoms with Gasteiger partial charge in [0.2, 0.25) is 5.43 Å². The molecule has 0 atom stereocenters. The molecule has 4 nitrogen and oxygen atoms in total. The highest BCUT2D eigenvalue weighted by Gasteiger charge is 2.09. The minimum absolute atomic E-state index is 0.0263. The molecule has 4 heteroatoms. The van der Waals surface area contributed by atoms with Crippen molar-refractivity contribution in [2.24, 2.45) is 0 Å². The maximum Gasteiger partial charge on any atom is 0.200 e. The Morgan fingerprint density at radius 2 is 1.63 bits per heavy atom. The van der Waals surface area contributed by atoms with Crippen LogP contribution in [0.25, 0.3) is 21.9 Å². The standard InChI is InChI=1S/C15H14N2O2/c1-17(2)10-4-6-12-14(8-10)19-13-7-9(16)3-5-11(13)15(12)18/h3-8H,16H2,1-2H3. The van der Waals surface area contributed by atoms with E-state index in [1.165, 1.54) is 0 Å². The molecule has 1 aromatic heterocycles. The minimum Gasteiger partial charge on any atom is -0.456 e. The van der Waals surface area contributed by atoms with Crippen molar-refractivity contribution in [3.8, 4) is 0 Å². The van der Waals surface area contributed by atoms with Crippen LogP contribution in [0.5, 0.6) is 0 Å². The second-order valence-corrected chi connectivity index (χ2v) is 4.76. The van der Waals surface area contributed by atoms with Crippen molar-refractivity contribution in [1.82, 2.24) is 0 Å². The third kappa shape index (κ3) is 1.81. The zero-order valence-electron chi connectivity index (χ0n) is 10.8. The van der Waals surface area contributed by atoms with E-state index in [0.29, 0.717) is 27.6 Å². The van der Waals surface area contributed by atoms with Gasteiger partial charge in [-0.2, -0.15) is 0 Å². The molecular formula is C15H14N2O2. The van der Waals surface area contributed by atoms with Gasteiger partial charge in [0.05, 0.1) is 10.8 Å². The molecule has 0 saturated carbocycles. The second kappa shape index (κ2) is 4.02. The van der Waals surface area contributed by atoms with Gasteiger partial charge in [0.25, 0.3) is 0 Å². The van der Waals surface area contributed by atoms with Crippen LogP contribution in [0.1, 0.15) is 0 Å². The third-order valence-electron chi connectivity index (χ3n) is 3.20. The summed E-state index contributed by atoms with van der Waals surface area (Å²) in [6.07, 6.45) is 0. The fraction of sp³-hybridized carbons (Fsp3) is 0.133. The molecule has 2 N–H and O–H groups in total. The number of benzene rings is 2. The zero-order valence-corrected chi connectivity index (χ0v) is 10.8. The molecule has 96 valence electrons. The molecule has 0 amide bonds. The summed E-state index contributed by atoms with van der Waals surface area (Å²) >= 11 is 0. The number of hydrogen-bond donors (Lipinski definition) is 1. The van der Waals surface area contributed by atoms with Crippen LogP contribution in [0.2, 0.25) is 0 Å². The Morgan fingerprint density at radius 3 is 2.32 bits per heavy atom. The molecule has 0 spiro atoms. The summed E-state index contributed by atoms with van der Waals surface area (Å²) in [7, 11) is 3.89. The highest BCUT2D eigenvalue weighted by Crippen LogP contribution is 2.23. The first-order valence-corrected chi connectivity index (χ1v) is 6.00. The Labute approximate surface area is 110 Å². The lowest BCUT2D eigenvalue weighted by Gasteiger charge is -2.12. The van der Waals surface area contributed by atoms with Crippen LogP contribution in [0.3, 0.4) is 0 Å². The fourth-order valence-corrected chi connectivity index (χ4v) is 2.14. The molecule has 3 rings (SSSR count). The van der Waals surface area contributed by atoms with Crippen molar-refractivity contribution in [3.63, 3.8) is 0 Å². The highest BCUT2D eigenvalue weighted by molar-refractivity contribution is 5.92. The van der Waals surface area contributed by atoms with E-state index in [2.05, 4.69) is 0 Å². The van der Waals surface area contributed by atoms with Gasteiger partial charge in [-0.25, -0.2) is 0 Å². The van der Waals surface area contributed by atoms with E-state index < -0.39 is 0 Å². The van der Waals surface area contributed by atoms with Gasteiger partial charge < -0.3 is 15.1 Å². The van der Waals surface area contributed by atoms with Gasteiger partial charge in [-0.1, -0.05) is 0 Å². The maximum atomic E-state index is 12.4. The molecule has 3 aromatic rings. The van der Waals surface area contributed by atoms with Gasteiger partial charge in [0, 0.05) is 37.6 Å².